The molecule has 1 aliphatic heterocycles. The van der Waals surface area contributed by atoms with Crippen LogP contribution in [0.15, 0.2) is 18.2 Å². The van der Waals surface area contributed by atoms with Crippen molar-refractivity contribution in [2.75, 3.05) is 13.1 Å². The first-order valence-electron chi connectivity index (χ1n) is 10.3. The first kappa shape index (κ1) is 20.6. The molecule has 0 radical (unpaired) electrons. The van der Waals surface area contributed by atoms with Crippen molar-refractivity contribution >= 4 is 22.9 Å². The van der Waals surface area contributed by atoms with E-state index in [1.807, 2.05) is 34.6 Å². The van der Waals surface area contributed by atoms with Crippen LogP contribution >= 0.6 is 0 Å². The number of aromatic nitrogens is 2. The number of benzene rings is 1. The average molecular weight is 416 g/mol. The molecule has 30 heavy (non-hydrogen) atoms. The van der Waals surface area contributed by atoms with Crippen molar-refractivity contribution in [3.05, 3.63) is 29.7 Å². The maximum Gasteiger partial charge on any atom is 0.410 e. The zero-order chi connectivity index (χ0) is 22.0. The lowest BCUT2D eigenvalue weighted by atomic mass is 9.96. The SMILES string of the molecule is Cn1nc(C(C)(C)NC(=O)[C@H]2[C@@H]3CN(C(=O)OC(C)(C)C)C[C@@H]32)c2ccc(F)cc21. The van der Waals surface area contributed by atoms with Crippen molar-refractivity contribution in [1.82, 2.24) is 20.0 Å². The summed E-state index contributed by atoms with van der Waals surface area (Å²) in [7, 11) is 1.76. The topological polar surface area (TPSA) is 76.5 Å². The van der Waals surface area contributed by atoms with E-state index in [1.54, 1.807) is 22.7 Å². The molecule has 2 heterocycles. The number of halogens is 1. The number of aryl methyl sites for hydroxylation is 1. The van der Waals surface area contributed by atoms with Crippen molar-refractivity contribution in [2.45, 2.75) is 45.8 Å². The molecule has 162 valence electrons. The Morgan fingerprint density at radius 1 is 1.17 bits per heavy atom. The molecule has 4 rings (SSSR count). The molecule has 0 spiro atoms. The lowest BCUT2D eigenvalue weighted by Gasteiger charge is -2.27. The van der Waals surface area contributed by atoms with Crippen LogP contribution in [0.1, 0.15) is 40.3 Å². The molecule has 2 amide bonds. The summed E-state index contributed by atoms with van der Waals surface area (Å²) >= 11 is 0. The molecule has 0 bridgehead atoms. The van der Waals surface area contributed by atoms with Crippen LogP contribution in [0.25, 0.3) is 10.9 Å². The summed E-state index contributed by atoms with van der Waals surface area (Å²) in [5.41, 5.74) is 0.146. The second-order valence-corrected chi connectivity index (χ2v) is 9.99. The predicted molar refractivity (Wildman–Crippen MR) is 110 cm³/mol. The van der Waals surface area contributed by atoms with Crippen LogP contribution in [0.4, 0.5) is 9.18 Å². The molecule has 1 saturated heterocycles. The van der Waals surface area contributed by atoms with E-state index in [1.165, 1.54) is 12.1 Å². The molecule has 2 aromatic rings. The molecule has 1 N–H and O–H groups in total. The maximum atomic E-state index is 13.6. The Morgan fingerprint density at radius 2 is 1.80 bits per heavy atom. The van der Waals surface area contributed by atoms with Crippen LogP contribution in [-0.2, 0) is 22.1 Å². The van der Waals surface area contributed by atoms with Crippen molar-refractivity contribution in [2.24, 2.45) is 24.8 Å². The van der Waals surface area contributed by atoms with Gasteiger partial charge in [0.05, 0.1) is 16.7 Å². The number of carbonyl (C=O) groups excluding carboxylic acids is 2. The predicted octanol–water partition coefficient (Wildman–Crippen LogP) is 3.18. The first-order valence-corrected chi connectivity index (χ1v) is 10.3. The highest BCUT2D eigenvalue weighted by Crippen LogP contribution is 2.52. The first-order chi connectivity index (χ1) is 13.9. The summed E-state index contributed by atoms with van der Waals surface area (Å²) in [6, 6.07) is 4.55. The van der Waals surface area contributed by atoms with Gasteiger partial charge in [-0.1, -0.05) is 0 Å². The van der Waals surface area contributed by atoms with Gasteiger partial charge >= 0.3 is 6.09 Å². The number of hydrogen-bond donors (Lipinski definition) is 1. The fourth-order valence-corrected chi connectivity index (χ4v) is 4.53. The minimum Gasteiger partial charge on any atom is -0.444 e. The summed E-state index contributed by atoms with van der Waals surface area (Å²) in [4.78, 5) is 26.9. The number of amides is 2. The van der Waals surface area contributed by atoms with Gasteiger partial charge in [-0.25, -0.2) is 9.18 Å². The van der Waals surface area contributed by atoms with Gasteiger partial charge in [-0.05, 0) is 64.7 Å². The van der Waals surface area contributed by atoms with Gasteiger partial charge < -0.3 is 15.0 Å². The highest BCUT2D eigenvalue weighted by atomic mass is 19.1. The number of hydrogen-bond acceptors (Lipinski definition) is 4. The van der Waals surface area contributed by atoms with Gasteiger partial charge in [0.25, 0.3) is 0 Å². The molecule has 3 atom stereocenters. The Balaban J connectivity index is 1.42. The van der Waals surface area contributed by atoms with Crippen molar-refractivity contribution < 1.29 is 18.7 Å². The molecular formula is C22H29FN4O3. The van der Waals surface area contributed by atoms with Crippen LogP contribution < -0.4 is 5.32 Å². The van der Waals surface area contributed by atoms with Crippen molar-refractivity contribution in [3.8, 4) is 0 Å². The summed E-state index contributed by atoms with van der Waals surface area (Å²) < 4.78 is 20.7. The highest BCUT2D eigenvalue weighted by Gasteiger charge is 2.61. The molecule has 8 heteroatoms. The molecule has 1 saturated carbocycles. The normalized spacial score (nSPS) is 23.4. The largest absolute Gasteiger partial charge is 0.444 e. The molecule has 2 fully saturated rings. The summed E-state index contributed by atoms with van der Waals surface area (Å²) in [5, 5.41) is 8.48. The number of nitrogens with zero attached hydrogens (tertiary/aromatic N) is 3. The number of piperidine rings is 1. The van der Waals surface area contributed by atoms with E-state index in [-0.39, 0.29) is 35.6 Å². The average Bonchev–Trinajstić information content (AvgIpc) is 2.94. The van der Waals surface area contributed by atoms with E-state index in [0.29, 0.717) is 24.3 Å². The van der Waals surface area contributed by atoms with Crippen molar-refractivity contribution in [1.29, 1.82) is 0 Å². The second-order valence-electron chi connectivity index (χ2n) is 9.99. The molecule has 1 aromatic carbocycles. The fourth-order valence-electron chi connectivity index (χ4n) is 4.53. The molecule has 7 nitrogen and oxygen atoms in total. The van der Waals surface area contributed by atoms with Crippen LogP contribution in [0.3, 0.4) is 0 Å². The van der Waals surface area contributed by atoms with Crippen LogP contribution in [0, 0.1) is 23.6 Å². The Bertz CT molecular complexity index is 1010. The minimum atomic E-state index is -0.712. The standard InChI is InChI=1S/C22H29FN4O3/c1-21(2,3)30-20(29)27-10-14-15(11-27)17(14)19(28)24-22(4,5)18-13-8-7-12(23)9-16(13)26(6)25-18/h7-9,14-15,17H,10-11H2,1-6H3,(H,24,28)/t14-,15+,17+. The van der Waals surface area contributed by atoms with E-state index in [2.05, 4.69) is 10.4 Å². The maximum absolute atomic E-state index is 13.6. The van der Waals surface area contributed by atoms with Gasteiger partial charge in [-0.15, -0.1) is 0 Å². The van der Waals surface area contributed by atoms with Crippen LogP contribution in [0.2, 0.25) is 0 Å². The Morgan fingerprint density at radius 3 is 2.40 bits per heavy atom. The zero-order valence-electron chi connectivity index (χ0n) is 18.3. The third kappa shape index (κ3) is 3.63. The van der Waals surface area contributed by atoms with Gasteiger partial charge in [0.15, 0.2) is 0 Å². The van der Waals surface area contributed by atoms with E-state index in [0.717, 1.165) is 5.39 Å². The fraction of sp³-hybridized carbons (Fsp3) is 0.591. The smallest absolute Gasteiger partial charge is 0.410 e. The number of likely N-dealkylation sites (tertiary alicyclic amines) is 1. The van der Waals surface area contributed by atoms with Crippen molar-refractivity contribution in [3.63, 3.8) is 0 Å². The van der Waals surface area contributed by atoms with Gasteiger partial charge in [-0.3, -0.25) is 9.48 Å². The van der Waals surface area contributed by atoms with E-state index in [4.69, 9.17) is 4.74 Å². The van der Waals surface area contributed by atoms with Gasteiger partial charge in [0.2, 0.25) is 5.91 Å². The third-order valence-corrected chi connectivity index (χ3v) is 5.99. The van der Waals surface area contributed by atoms with Gasteiger partial charge in [0.1, 0.15) is 11.4 Å². The number of fused-ring (bicyclic) bond motifs is 2. The van der Waals surface area contributed by atoms with Crippen LogP contribution in [0.5, 0.6) is 0 Å². The lowest BCUT2D eigenvalue weighted by Crippen LogP contribution is -2.44. The Kier molecular flexibility index (Phi) is 4.60. The number of rotatable bonds is 3. The molecular weight excluding hydrogens is 387 g/mol. The summed E-state index contributed by atoms with van der Waals surface area (Å²) in [5.74, 6) is -0.111. The zero-order valence-corrected chi connectivity index (χ0v) is 18.3. The van der Waals surface area contributed by atoms with Crippen LogP contribution in [-0.4, -0.2) is 45.4 Å². The second kappa shape index (κ2) is 6.68. The van der Waals surface area contributed by atoms with Gasteiger partial charge in [-0.2, -0.15) is 5.10 Å². The lowest BCUT2D eigenvalue weighted by molar-refractivity contribution is -0.125. The Labute approximate surface area is 175 Å². The number of nitrogens with one attached hydrogen (secondary N) is 1. The monoisotopic (exact) mass is 416 g/mol. The number of carbonyl (C=O) groups is 2. The Hall–Kier alpha value is -2.64. The number of ether oxygens (including phenoxy) is 1. The molecule has 1 aromatic heterocycles. The third-order valence-electron chi connectivity index (χ3n) is 5.99. The minimum absolute atomic E-state index is 0.0280. The van der Waals surface area contributed by atoms with E-state index < -0.39 is 11.1 Å². The molecule has 0 unspecified atom stereocenters. The summed E-state index contributed by atoms with van der Waals surface area (Å²) in [6.07, 6.45) is -0.318. The summed E-state index contributed by atoms with van der Waals surface area (Å²) in [6.45, 7) is 10.4. The molecule has 1 aliphatic carbocycles. The molecule has 2 aliphatic rings. The quantitative estimate of drug-likeness (QED) is 0.834. The van der Waals surface area contributed by atoms with E-state index in [9.17, 15) is 14.0 Å². The van der Waals surface area contributed by atoms with E-state index >= 15 is 0 Å². The van der Waals surface area contributed by atoms with Gasteiger partial charge in [0, 0.05) is 31.4 Å². The highest BCUT2D eigenvalue weighted by molar-refractivity contribution is 5.86.